The Labute approximate surface area is 182 Å². The van der Waals surface area contributed by atoms with Crippen LogP contribution in [-0.4, -0.2) is 28.5 Å². The van der Waals surface area contributed by atoms with Crippen molar-refractivity contribution in [1.29, 1.82) is 0 Å². The molecule has 0 unspecified atom stereocenters. The fraction of sp³-hybridized carbons (Fsp3) is 0.542. The first kappa shape index (κ1) is 19.9. The molecule has 30 heavy (non-hydrogen) atoms. The molecule has 0 spiro atoms. The number of fused-ring (bicyclic) bond motifs is 3. The molecule has 1 N–H and O–H groups in total. The van der Waals surface area contributed by atoms with Crippen LogP contribution >= 0.6 is 11.8 Å². The number of nitrogens with one attached hydrogen (secondary N) is 1. The molecule has 1 aromatic carbocycles. The van der Waals surface area contributed by atoms with Crippen molar-refractivity contribution in [3.63, 3.8) is 0 Å². The lowest BCUT2D eigenvalue weighted by molar-refractivity contribution is -0.116. The van der Waals surface area contributed by atoms with Crippen molar-refractivity contribution in [1.82, 2.24) is 10.3 Å². The average molecular weight is 423 g/mol. The number of thioether (sulfide) groups is 1. The van der Waals surface area contributed by atoms with Gasteiger partial charge in [0.2, 0.25) is 0 Å². The Morgan fingerprint density at radius 3 is 2.87 bits per heavy atom. The molecule has 0 saturated heterocycles. The number of hydrogen-bond acceptors (Lipinski definition) is 5. The van der Waals surface area contributed by atoms with Crippen molar-refractivity contribution >= 4 is 28.5 Å². The molecule has 2 aliphatic heterocycles. The molecule has 5 nitrogen and oxygen atoms in total. The van der Waals surface area contributed by atoms with Gasteiger partial charge >= 0.3 is 0 Å². The number of amides is 1. The number of carbonyl (C=O) groups excluding carboxylic acids is 1. The Balaban J connectivity index is 1.62. The van der Waals surface area contributed by atoms with Crippen LogP contribution in [0.2, 0.25) is 0 Å². The van der Waals surface area contributed by atoms with Gasteiger partial charge in [0.25, 0.3) is 5.91 Å². The predicted octanol–water partition coefficient (Wildman–Crippen LogP) is 3.23. The third kappa shape index (κ3) is 3.11. The van der Waals surface area contributed by atoms with Crippen LogP contribution in [0.3, 0.4) is 0 Å². The van der Waals surface area contributed by atoms with Gasteiger partial charge in [0.15, 0.2) is 5.17 Å². The molecule has 1 amide bonds. The highest BCUT2D eigenvalue weighted by Crippen LogP contribution is 2.52. The van der Waals surface area contributed by atoms with Gasteiger partial charge in [-0.05, 0) is 55.3 Å². The summed E-state index contributed by atoms with van der Waals surface area (Å²) in [5, 5.41) is 12.1. The number of para-hydroxylation sites is 1. The summed E-state index contributed by atoms with van der Waals surface area (Å²) in [5.41, 5.74) is 2.59. The van der Waals surface area contributed by atoms with Gasteiger partial charge in [-0.15, -0.1) is 5.10 Å². The van der Waals surface area contributed by atoms with Crippen LogP contribution in [0, 0.1) is 23.2 Å². The average Bonchev–Trinajstić information content (AvgIpc) is 2.72. The van der Waals surface area contributed by atoms with Crippen molar-refractivity contribution < 1.29 is 4.79 Å². The minimum absolute atomic E-state index is 0.0799. The van der Waals surface area contributed by atoms with E-state index in [0.29, 0.717) is 34.0 Å². The smallest absolute Gasteiger partial charge is 0.276 e. The molecular weight excluding hydrogens is 392 g/mol. The van der Waals surface area contributed by atoms with Crippen molar-refractivity contribution in [2.75, 3.05) is 6.26 Å². The van der Waals surface area contributed by atoms with E-state index in [2.05, 4.69) is 32.2 Å². The minimum Gasteiger partial charge on any atom is -0.298 e. The highest BCUT2D eigenvalue weighted by molar-refractivity contribution is 8.13. The standard InChI is InChI=1S/C24H30N4OS/c1-14-12-15-8-7-11-24(2,3)18(15)13-17(14)21-25-19-10-6-5-9-16(19)20-22(29)26-23(30-4)27-28(20)21/h5-6,8-10,14,17-18,21H,7,11-13H2,1-4H3,(H,26,27,29)/t14-,17-,18-,21+/m1/s1. The SMILES string of the molecule is CSC1=NN2C(=c3ccccc3=N[C@@H]2[C@@H]2C[C@@H]3C(=CCCC3(C)C)C[C@H]2C)C(=O)N1. The van der Waals surface area contributed by atoms with Crippen LogP contribution in [0.1, 0.15) is 46.5 Å². The monoisotopic (exact) mass is 422 g/mol. The molecule has 6 heteroatoms. The molecule has 1 saturated carbocycles. The Bertz CT molecular complexity index is 1070. The molecule has 1 fully saturated rings. The van der Waals surface area contributed by atoms with Gasteiger partial charge in [0.1, 0.15) is 11.9 Å². The van der Waals surface area contributed by atoms with Gasteiger partial charge in [-0.3, -0.25) is 15.1 Å². The van der Waals surface area contributed by atoms with E-state index in [9.17, 15) is 4.79 Å². The molecule has 5 rings (SSSR count). The summed E-state index contributed by atoms with van der Waals surface area (Å²) in [5.74, 6) is 1.36. The van der Waals surface area contributed by atoms with Crippen LogP contribution in [0.15, 0.2) is 46.0 Å². The first-order valence-corrected chi connectivity index (χ1v) is 12.2. The molecule has 2 heterocycles. The molecular formula is C24H30N4OS. The second-order valence-corrected chi connectivity index (χ2v) is 10.6. The highest BCUT2D eigenvalue weighted by Gasteiger charge is 2.46. The Morgan fingerprint density at radius 1 is 1.27 bits per heavy atom. The normalized spacial score (nSPS) is 32.1. The first-order valence-electron chi connectivity index (χ1n) is 11.0. The summed E-state index contributed by atoms with van der Waals surface area (Å²) in [6.45, 7) is 7.18. The van der Waals surface area contributed by atoms with Crippen LogP contribution in [0.4, 0.5) is 0 Å². The Morgan fingerprint density at radius 2 is 2.07 bits per heavy atom. The third-order valence-corrected chi connectivity index (χ3v) is 8.07. The van der Waals surface area contributed by atoms with E-state index in [4.69, 9.17) is 10.1 Å². The summed E-state index contributed by atoms with van der Waals surface area (Å²) in [6, 6.07) is 7.97. The summed E-state index contributed by atoms with van der Waals surface area (Å²) in [4.78, 5) is 18.2. The Hall–Kier alpha value is -2.08. The minimum atomic E-state index is -0.141. The number of carbonyl (C=O) groups is 1. The van der Waals surface area contributed by atoms with E-state index in [-0.39, 0.29) is 12.1 Å². The Kier molecular flexibility index (Phi) is 4.80. The van der Waals surface area contributed by atoms with Gasteiger partial charge in [0.05, 0.1) is 5.36 Å². The maximum Gasteiger partial charge on any atom is 0.276 e. The summed E-state index contributed by atoms with van der Waals surface area (Å²) < 4.78 is 0. The summed E-state index contributed by atoms with van der Waals surface area (Å²) in [6.07, 6.45) is 8.96. The lowest BCUT2D eigenvalue weighted by atomic mass is 9.58. The number of rotatable bonds is 1. The van der Waals surface area contributed by atoms with Crippen molar-refractivity contribution in [3.8, 4) is 0 Å². The van der Waals surface area contributed by atoms with E-state index in [1.165, 1.54) is 24.6 Å². The fourth-order valence-corrected chi connectivity index (χ4v) is 6.17. The maximum atomic E-state index is 13.1. The van der Waals surface area contributed by atoms with E-state index in [1.807, 2.05) is 35.5 Å². The number of benzene rings is 1. The largest absolute Gasteiger partial charge is 0.298 e. The van der Waals surface area contributed by atoms with E-state index in [1.54, 1.807) is 5.57 Å². The van der Waals surface area contributed by atoms with E-state index < -0.39 is 0 Å². The number of hydrazone groups is 1. The second-order valence-electron chi connectivity index (χ2n) is 9.76. The molecule has 1 aromatic rings. The predicted molar refractivity (Wildman–Crippen MR) is 122 cm³/mol. The molecule has 0 bridgehead atoms. The summed E-state index contributed by atoms with van der Waals surface area (Å²) >= 11 is 1.47. The zero-order chi connectivity index (χ0) is 21.0. The fourth-order valence-electron chi connectivity index (χ4n) is 5.81. The lowest BCUT2D eigenvalue weighted by Crippen LogP contribution is -2.56. The van der Waals surface area contributed by atoms with Crippen molar-refractivity contribution in [2.45, 2.75) is 52.6 Å². The lowest BCUT2D eigenvalue weighted by Gasteiger charge is -2.49. The van der Waals surface area contributed by atoms with Crippen molar-refractivity contribution in [3.05, 3.63) is 46.5 Å². The van der Waals surface area contributed by atoms with Gasteiger partial charge in [-0.2, -0.15) is 0 Å². The number of hydrogen-bond donors (Lipinski definition) is 1. The maximum absolute atomic E-state index is 13.1. The van der Waals surface area contributed by atoms with E-state index in [0.717, 1.165) is 23.4 Å². The van der Waals surface area contributed by atoms with Gasteiger partial charge in [-0.25, -0.2) is 5.01 Å². The van der Waals surface area contributed by atoms with Crippen LogP contribution < -0.4 is 15.9 Å². The molecule has 0 radical (unpaired) electrons. The molecule has 4 aliphatic rings. The molecule has 2 aliphatic carbocycles. The second kappa shape index (κ2) is 7.26. The van der Waals surface area contributed by atoms with Gasteiger partial charge in [-0.1, -0.05) is 62.4 Å². The van der Waals surface area contributed by atoms with Gasteiger partial charge in [0, 0.05) is 11.1 Å². The number of allylic oxidation sites excluding steroid dienone is 2. The number of amidine groups is 1. The zero-order valence-electron chi connectivity index (χ0n) is 18.2. The van der Waals surface area contributed by atoms with Crippen LogP contribution in [0.25, 0.3) is 5.70 Å². The third-order valence-electron chi connectivity index (χ3n) is 7.50. The van der Waals surface area contributed by atoms with Crippen molar-refractivity contribution in [2.24, 2.45) is 33.3 Å². The van der Waals surface area contributed by atoms with Gasteiger partial charge < -0.3 is 0 Å². The van der Waals surface area contributed by atoms with E-state index >= 15 is 0 Å². The van der Waals surface area contributed by atoms with Crippen LogP contribution in [-0.2, 0) is 4.79 Å². The quantitative estimate of drug-likeness (QED) is 0.707. The first-order chi connectivity index (χ1) is 14.4. The van der Waals surface area contributed by atoms with Crippen LogP contribution in [0.5, 0.6) is 0 Å². The summed E-state index contributed by atoms with van der Waals surface area (Å²) in [7, 11) is 0. The molecule has 0 aromatic heterocycles. The topological polar surface area (TPSA) is 57.1 Å². The number of nitrogens with zero attached hydrogens (tertiary/aromatic N) is 3. The zero-order valence-corrected chi connectivity index (χ0v) is 19.0. The molecule has 4 atom stereocenters. The molecule has 158 valence electrons. The highest BCUT2D eigenvalue weighted by atomic mass is 32.2.